The van der Waals surface area contributed by atoms with Gasteiger partial charge in [0.1, 0.15) is 5.65 Å². The highest BCUT2D eigenvalue weighted by Crippen LogP contribution is 2.22. The average Bonchev–Trinajstić information content (AvgIpc) is 3.14. The minimum Gasteiger partial charge on any atom is -0.345 e. The molecule has 0 spiro atoms. The minimum atomic E-state index is -0.125. The normalized spacial score (nSPS) is 12.1. The van der Waals surface area contributed by atoms with Gasteiger partial charge in [0.05, 0.1) is 17.3 Å². The monoisotopic (exact) mass is 370 g/mol. The number of fused-ring (bicyclic) bond motifs is 1. The fourth-order valence-electron chi connectivity index (χ4n) is 3.16. The summed E-state index contributed by atoms with van der Waals surface area (Å²) in [6.07, 6.45) is 7.26. The Balaban J connectivity index is 1.59. The Morgan fingerprint density at radius 2 is 1.93 bits per heavy atom. The number of hydrogen-bond acceptors (Lipinski definition) is 3. The Hall–Kier alpha value is -3.47. The van der Waals surface area contributed by atoms with E-state index in [1.54, 1.807) is 18.5 Å². The summed E-state index contributed by atoms with van der Waals surface area (Å²) in [5.74, 6) is -0.125. The number of imidazole rings is 1. The number of amides is 1. The largest absolute Gasteiger partial charge is 0.345 e. The zero-order valence-corrected chi connectivity index (χ0v) is 16.2. The van der Waals surface area contributed by atoms with Crippen LogP contribution in [-0.4, -0.2) is 20.3 Å². The molecule has 0 saturated carbocycles. The summed E-state index contributed by atoms with van der Waals surface area (Å²) in [6, 6.07) is 13.7. The molecule has 3 aromatic heterocycles. The molecule has 1 aromatic carbocycles. The second-order valence-corrected chi connectivity index (χ2v) is 7.09. The van der Waals surface area contributed by atoms with Crippen LogP contribution in [0, 0.1) is 13.8 Å². The molecule has 5 heteroatoms. The van der Waals surface area contributed by atoms with Crippen LogP contribution in [0.5, 0.6) is 0 Å². The van der Waals surface area contributed by atoms with Gasteiger partial charge in [0.25, 0.3) is 5.91 Å². The first-order valence-electron chi connectivity index (χ1n) is 9.28. The third-order valence-corrected chi connectivity index (χ3v) is 5.05. The van der Waals surface area contributed by atoms with E-state index in [-0.39, 0.29) is 11.9 Å². The van der Waals surface area contributed by atoms with Crippen LogP contribution in [0.1, 0.15) is 40.0 Å². The van der Waals surface area contributed by atoms with Crippen LogP contribution in [0.15, 0.2) is 67.3 Å². The van der Waals surface area contributed by atoms with Gasteiger partial charge < -0.3 is 9.72 Å². The van der Waals surface area contributed by atoms with Gasteiger partial charge in [0.2, 0.25) is 0 Å². The van der Waals surface area contributed by atoms with Crippen molar-refractivity contribution < 1.29 is 4.79 Å². The van der Waals surface area contributed by atoms with Crippen molar-refractivity contribution in [2.45, 2.75) is 26.8 Å². The van der Waals surface area contributed by atoms with Gasteiger partial charge in [-0.2, -0.15) is 0 Å². The lowest BCUT2D eigenvalue weighted by molar-refractivity contribution is 0.0939. The molecule has 0 fully saturated rings. The van der Waals surface area contributed by atoms with Crippen molar-refractivity contribution >= 4 is 11.6 Å². The molecule has 4 rings (SSSR count). The molecule has 1 amide bonds. The standard InChI is InChI=1S/C23H22N4O/c1-15-6-7-18(11-16(15)2)21-14-27-13-20(8-9-22(27)26-21)23(28)25-17(3)19-5-4-10-24-12-19/h4-14,17H,1-3H3,(H,25,28). The van der Waals surface area contributed by atoms with E-state index in [0.717, 1.165) is 22.5 Å². The molecule has 0 aliphatic heterocycles. The second kappa shape index (κ2) is 7.27. The summed E-state index contributed by atoms with van der Waals surface area (Å²) in [5, 5.41) is 3.02. The van der Waals surface area contributed by atoms with Crippen molar-refractivity contribution in [3.05, 3.63) is 89.5 Å². The smallest absolute Gasteiger partial charge is 0.253 e. The van der Waals surface area contributed by atoms with E-state index >= 15 is 0 Å². The molecule has 1 N–H and O–H groups in total. The molecule has 1 atom stereocenters. The quantitative estimate of drug-likeness (QED) is 0.575. The van der Waals surface area contributed by atoms with Crippen molar-refractivity contribution in [3.8, 4) is 11.3 Å². The first kappa shape index (κ1) is 17.9. The van der Waals surface area contributed by atoms with E-state index in [9.17, 15) is 4.79 Å². The van der Waals surface area contributed by atoms with Crippen LogP contribution in [0.2, 0.25) is 0 Å². The highest BCUT2D eigenvalue weighted by molar-refractivity contribution is 5.94. The first-order chi connectivity index (χ1) is 13.5. The van der Waals surface area contributed by atoms with Crippen molar-refractivity contribution in [1.82, 2.24) is 19.7 Å². The molecule has 3 heterocycles. The Kier molecular flexibility index (Phi) is 4.65. The van der Waals surface area contributed by atoms with Crippen LogP contribution in [-0.2, 0) is 0 Å². The van der Waals surface area contributed by atoms with E-state index in [0.29, 0.717) is 5.56 Å². The topological polar surface area (TPSA) is 59.3 Å². The summed E-state index contributed by atoms with van der Waals surface area (Å²) in [4.78, 5) is 21.5. The van der Waals surface area contributed by atoms with Gasteiger partial charge in [-0.3, -0.25) is 9.78 Å². The van der Waals surface area contributed by atoms with Gasteiger partial charge in [-0.05, 0) is 61.7 Å². The van der Waals surface area contributed by atoms with Gasteiger partial charge in [-0.25, -0.2) is 4.98 Å². The maximum absolute atomic E-state index is 12.7. The van der Waals surface area contributed by atoms with Crippen LogP contribution >= 0.6 is 0 Å². The summed E-state index contributed by atoms with van der Waals surface area (Å²) >= 11 is 0. The van der Waals surface area contributed by atoms with Crippen LogP contribution in [0.25, 0.3) is 16.9 Å². The summed E-state index contributed by atoms with van der Waals surface area (Å²) in [7, 11) is 0. The number of benzene rings is 1. The third-order valence-electron chi connectivity index (χ3n) is 5.05. The predicted octanol–water partition coefficient (Wildman–Crippen LogP) is 4.50. The lowest BCUT2D eigenvalue weighted by Crippen LogP contribution is -2.26. The Morgan fingerprint density at radius 3 is 2.68 bits per heavy atom. The molecule has 0 aliphatic carbocycles. The molecule has 0 saturated heterocycles. The van der Waals surface area contributed by atoms with Crippen LogP contribution < -0.4 is 5.32 Å². The van der Waals surface area contributed by atoms with E-state index in [2.05, 4.69) is 47.3 Å². The number of nitrogens with zero attached hydrogens (tertiary/aromatic N) is 3. The molecule has 0 bridgehead atoms. The maximum atomic E-state index is 12.7. The average molecular weight is 370 g/mol. The number of hydrogen-bond donors (Lipinski definition) is 1. The van der Waals surface area contributed by atoms with Crippen molar-refractivity contribution in [2.24, 2.45) is 0 Å². The number of carbonyl (C=O) groups is 1. The second-order valence-electron chi connectivity index (χ2n) is 7.09. The summed E-state index contributed by atoms with van der Waals surface area (Å²) in [5.41, 5.74) is 6.83. The number of nitrogens with one attached hydrogen (secondary N) is 1. The van der Waals surface area contributed by atoms with Crippen molar-refractivity contribution in [3.63, 3.8) is 0 Å². The van der Waals surface area contributed by atoms with Crippen LogP contribution in [0.3, 0.4) is 0 Å². The molecule has 1 unspecified atom stereocenters. The molecule has 4 aromatic rings. The molecule has 5 nitrogen and oxygen atoms in total. The summed E-state index contributed by atoms with van der Waals surface area (Å²) < 4.78 is 1.90. The van der Waals surface area contributed by atoms with Gasteiger partial charge in [0.15, 0.2) is 0 Å². The fourth-order valence-corrected chi connectivity index (χ4v) is 3.16. The predicted molar refractivity (Wildman–Crippen MR) is 110 cm³/mol. The SMILES string of the molecule is Cc1ccc(-c2cn3cc(C(=O)NC(C)c4cccnc4)ccc3n2)cc1C. The third kappa shape index (κ3) is 3.51. The van der Waals surface area contributed by atoms with E-state index in [1.165, 1.54) is 11.1 Å². The fraction of sp³-hybridized carbons (Fsp3) is 0.174. The molecule has 0 radical (unpaired) electrons. The van der Waals surface area contributed by atoms with Gasteiger partial charge in [0, 0.05) is 30.4 Å². The number of aryl methyl sites for hydroxylation is 2. The zero-order chi connectivity index (χ0) is 19.7. The van der Waals surface area contributed by atoms with Crippen LogP contribution in [0.4, 0.5) is 0 Å². The first-order valence-corrected chi connectivity index (χ1v) is 9.28. The maximum Gasteiger partial charge on any atom is 0.253 e. The Morgan fingerprint density at radius 1 is 1.07 bits per heavy atom. The molecule has 140 valence electrons. The Labute approximate surface area is 164 Å². The number of rotatable bonds is 4. The van der Waals surface area contributed by atoms with Gasteiger partial charge >= 0.3 is 0 Å². The van der Waals surface area contributed by atoms with E-state index in [1.807, 2.05) is 41.9 Å². The lowest BCUT2D eigenvalue weighted by Gasteiger charge is -2.13. The number of pyridine rings is 2. The van der Waals surface area contributed by atoms with Gasteiger partial charge in [-0.1, -0.05) is 18.2 Å². The lowest BCUT2D eigenvalue weighted by atomic mass is 10.1. The highest BCUT2D eigenvalue weighted by atomic mass is 16.1. The highest BCUT2D eigenvalue weighted by Gasteiger charge is 2.13. The van der Waals surface area contributed by atoms with Gasteiger partial charge in [-0.15, -0.1) is 0 Å². The van der Waals surface area contributed by atoms with E-state index < -0.39 is 0 Å². The number of aromatic nitrogens is 3. The Bertz CT molecular complexity index is 1150. The van der Waals surface area contributed by atoms with Crippen molar-refractivity contribution in [2.75, 3.05) is 0 Å². The number of carbonyl (C=O) groups excluding carboxylic acids is 1. The molecule has 28 heavy (non-hydrogen) atoms. The zero-order valence-electron chi connectivity index (χ0n) is 16.2. The van der Waals surface area contributed by atoms with Crippen molar-refractivity contribution in [1.29, 1.82) is 0 Å². The van der Waals surface area contributed by atoms with E-state index in [4.69, 9.17) is 0 Å². The minimum absolute atomic E-state index is 0.120. The summed E-state index contributed by atoms with van der Waals surface area (Å²) in [6.45, 7) is 6.14. The molecular formula is C23H22N4O. The molecular weight excluding hydrogens is 348 g/mol. The molecule has 0 aliphatic rings.